The minimum atomic E-state index is -4.02. The molecule has 0 bridgehead atoms. The van der Waals surface area contributed by atoms with Gasteiger partial charge >= 0.3 is 0 Å². The quantitative estimate of drug-likeness (QED) is 0.455. The molecule has 1 saturated carbocycles. The lowest BCUT2D eigenvalue weighted by Gasteiger charge is -2.39. The number of quaternary nitrogens is 1. The van der Waals surface area contributed by atoms with Crippen molar-refractivity contribution in [3.05, 3.63) is 29.8 Å². The van der Waals surface area contributed by atoms with E-state index in [9.17, 15) is 8.42 Å². The van der Waals surface area contributed by atoms with E-state index in [0.717, 1.165) is 36.3 Å². The molecule has 162 valence electrons. The third kappa shape index (κ3) is 7.99. The van der Waals surface area contributed by atoms with Gasteiger partial charge in [-0.2, -0.15) is 13.4 Å². The van der Waals surface area contributed by atoms with Crippen LogP contribution < -0.4 is 0 Å². The van der Waals surface area contributed by atoms with Gasteiger partial charge in [-0.3, -0.25) is 4.55 Å². The molecule has 1 heterocycles. The zero-order valence-electron chi connectivity index (χ0n) is 17.7. The number of rotatable bonds is 4. The number of likely N-dealkylation sites (N-methyl/N-ethyl adjacent to an activating group) is 1. The summed E-state index contributed by atoms with van der Waals surface area (Å²) in [5.41, 5.74) is 0.956. The lowest BCUT2D eigenvalue weighted by molar-refractivity contribution is -0.937. The molecule has 1 aliphatic heterocycles. The van der Waals surface area contributed by atoms with Gasteiger partial charge in [0.15, 0.2) is 6.17 Å². The highest BCUT2D eigenvalue weighted by Crippen LogP contribution is 2.20. The van der Waals surface area contributed by atoms with Crippen LogP contribution in [0.15, 0.2) is 39.1 Å². The van der Waals surface area contributed by atoms with Crippen LogP contribution in [-0.4, -0.2) is 69.0 Å². The van der Waals surface area contributed by atoms with Crippen LogP contribution in [0.1, 0.15) is 44.6 Å². The molecule has 7 nitrogen and oxygen atoms in total. The largest absolute Gasteiger partial charge is 0.370 e. The van der Waals surface area contributed by atoms with E-state index in [1.165, 1.54) is 44.2 Å². The first-order valence-corrected chi connectivity index (χ1v) is 11.8. The van der Waals surface area contributed by atoms with Crippen LogP contribution in [0.25, 0.3) is 0 Å². The van der Waals surface area contributed by atoms with E-state index in [2.05, 4.69) is 30.0 Å². The Kier molecular flexibility index (Phi) is 8.99. The second-order valence-electron chi connectivity index (χ2n) is 8.11. The predicted molar refractivity (Wildman–Crippen MR) is 114 cm³/mol. The van der Waals surface area contributed by atoms with Crippen LogP contribution >= 0.6 is 0 Å². The Morgan fingerprint density at radius 1 is 1.14 bits per heavy atom. The van der Waals surface area contributed by atoms with Crippen molar-refractivity contribution in [2.24, 2.45) is 9.98 Å². The fourth-order valence-electron chi connectivity index (χ4n) is 3.39. The molecule has 29 heavy (non-hydrogen) atoms. The van der Waals surface area contributed by atoms with E-state index >= 15 is 0 Å². The molecule has 1 aromatic rings. The fourth-order valence-corrected chi connectivity index (χ4v) is 3.87. The first-order chi connectivity index (χ1) is 13.7. The highest BCUT2D eigenvalue weighted by atomic mass is 32.2. The zero-order chi connectivity index (χ0) is 21.3. The zero-order valence-corrected chi connectivity index (χ0v) is 18.6. The van der Waals surface area contributed by atoms with Gasteiger partial charge in [-0.05, 0) is 31.9 Å². The van der Waals surface area contributed by atoms with Crippen molar-refractivity contribution in [1.29, 1.82) is 0 Å². The summed E-state index contributed by atoms with van der Waals surface area (Å²) in [7, 11) is -1.77. The molecule has 2 aliphatic rings. The van der Waals surface area contributed by atoms with Crippen LogP contribution in [0, 0.1) is 6.92 Å². The van der Waals surface area contributed by atoms with Crippen LogP contribution in [0.3, 0.4) is 0 Å². The molecule has 1 unspecified atom stereocenters. The van der Waals surface area contributed by atoms with Crippen molar-refractivity contribution in [3.63, 3.8) is 0 Å². The van der Waals surface area contributed by atoms with Crippen molar-refractivity contribution >= 4 is 16.1 Å². The second kappa shape index (κ2) is 11.0. The van der Waals surface area contributed by atoms with Gasteiger partial charge in [-0.15, -0.1) is 0 Å². The van der Waals surface area contributed by atoms with Crippen LogP contribution in [0.4, 0.5) is 0 Å². The number of nitrogens with zero attached hydrogens (tertiary/aromatic N) is 3. The summed E-state index contributed by atoms with van der Waals surface area (Å²) in [5, 5.41) is 0. The molecule has 0 aromatic heterocycles. The minimum Gasteiger partial charge on any atom is -0.370 e. The Morgan fingerprint density at radius 3 is 2.28 bits per heavy atom. The van der Waals surface area contributed by atoms with E-state index in [1.54, 1.807) is 12.1 Å². The topological polar surface area (TPSA) is 88.3 Å². The molecule has 0 amide bonds. The van der Waals surface area contributed by atoms with Gasteiger partial charge < -0.3 is 9.22 Å². The summed E-state index contributed by atoms with van der Waals surface area (Å²) in [6, 6.07) is 9.44. The van der Waals surface area contributed by atoms with Crippen LogP contribution in [0.5, 0.6) is 0 Å². The van der Waals surface area contributed by atoms with E-state index in [4.69, 9.17) is 9.29 Å². The maximum Gasteiger partial charge on any atom is 0.294 e. The summed E-state index contributed by atoms with van der Waals surface area (Å²) >= 11 is 0. The summed E-state index contributed by atoms with van der Waals surface area (Å²) in [6.07, 6.45) is 6.68. The minimum absolute atomic E-state index is 0.0666. The molecule has 1 saturated heterocycles. The summed E-state index contributed by atoms with van der Waals surface area (Å²) in [4.78, 5) is 8.94. The van der Waals surface area contributed by atoms with Gasteiger partial charge in [0, 0.05) is 6.92 Å². The first kappa shape index (κ1) is 23.7. The van der Waals surface area contributed by atoms with E-state index in [0.29, 0.717) is 6.04 Å². The lowest BCUT2D eigenvalue weighted by Crippen LogP contribution is -2.56. The van der Waals surface area contributed by atoms with Crippen molar-refractivity contribution in [1.82, 2.24) is 0 Å². The van der Waals surface area contributed by atoms with Gasteiger partial charge in [0.2, 0.25) is 0 Å². The molecule has 8 heteroatoms. The Hall–Kier alpha value is -1.57. The molecular weight excluding hydrogens is 390 g/mol. The summed E-state index contributed by atoms with van der Waals surface area (Å²) in [6.45, 7) is 7.76. The van der Waals surface area contributed by atoms with Gasteiger partial charge in [-0.1, -0.05) is 37.0 Å². The number of hydrogen-bond donors (Lipinski definition) is 1. The molecule has 1 atom stereocenters. The van der Waals surface area contributed by atoms with E-state index in [1.807, 2.05) is 6.92 Å². The number of aliphatic imine (C=N–C) groups is 2. The number of morpholine rings is 1. The van der Waals surface area contributed by atoms with Gasteiger partial charge in [0.1, 0.15) is 13.1 Å². The predicted octanol–water partition coefficient (Wildman–Crippen LogP) is 3.56. The van der Waals surface area contributed by atoms with E-state index < -0.39 is 10.1 Å². The average molecular weight is 425 g/mol. The van der Waals surface area contributed by atoms with E-state index in [-0.39, 0.29) is 11.1 Å². The van der Waals surface area contributed by atoms with Crippen molar-refractivity contribution in [3.8, 4) is 0 Å². The van der Waals surface area contributed by atoms with Crippen molar-refractivity contribution in [2.75, 3.05) is 33.4 Å². The monoisotopic (exact) mass is 424 g/mol. The molecule has 1 aromatic carbocycles. The molecule has 2 fully saturated rings. The molecule has 0 spiro atoms. The number of hydrogen-bond acceptors (Lipinski definition) is 5. The Labute approximate surface area is 174 Å². The highest BCUT2D eigenvalue weighted by Gasteiger charge is 2.31. The molecule has 3 rings (SSSR count). The normalized spacial score (nSPS) is 20.6. The number of benzene rings is 1. The fraction of sp³-hybridized carbons (Fsp3) is 0.667. The highest BCUT2D eigenvalue weighted by molar-refractivity contribution is 7.85. The smallest absolute Gasteiger partial charge is 0.294 e. The SMILES string of the molecule is CC(N=C=NC1CCCCC1)[N+]1(C)CCOCC1.Cc1ccc(S(=O)(=O)O)cc1. The molecule has 1 aliphatic carbocycles. The maximum atomic E-state index is 10.5. The van der Waals surface area contributed by atoms with Gasteiger partial charge in [-0.25, -0.2) is 4.99 Å². The second-order valence-corrected chi connectivity index (χ2v) is 9.53. The third-order valence-electron chi connectivity index (χ3n) is 5.77. The Morgan fingerprint density at radius 2 is 1.72 bits per heavy atom. The summed E-state index contributed by atoms with van der Waals surface area (Å²) in [5.74, 6) is 0. The van der Waals surface area contributed by atoms with Crippen molar-refractivity contribution < 1.29 is 22.2 Å². The van der Waals surface area contributed by atoms with Gasteiger partial charge in [0.05, 0.1) is 37.2 Å². The Bertz CT molecular complexity index is 790. The average Bonchev–Trinajstić information content (AvgIpc) is 2.69. The molecular formula is C21H34N3O4S+. The van der Waals surface area contributed by atoms with Gasteiger partial charge in [0.25, 0.3) is 10.1 Å². The molecule has 1 N–H and O–H groups in total. The Balaban J connectivity index is 0.000000234. The molecule has 0 radical (unpaired) electrons. The first-order valence-electron chi connectivity index (χ1n) is 10.3. The van der Waals surface area contributed by atoms with Crippen LogP contribution in [0.2, 0.25) is 0 Å². The summed E-state index contributed by atoms with van der Waals surface area (Å²) < 4.78 is 35.9. The third-order valence-corrected chi connectivity index (χ3v) is 6.64. The number of aryl methyl sites for hydroxylation is 1. The van der Waals surface area contributed by atoms with Crippen LogP contribution in [-0.2, 0) is 14.9 Å². The maximum absolute atomic E-state index is 10.5. The van der Waals surface area contributed by atoms with Crippen molar-refractivity contribution in [2.45, 2.75) is 63.1 Å². The number of ether oxygens (including phenoxy) is 1. The lowest BCUT2D eigenvalue weighted by atomic mass is 9.96. The standard InChI is InChI=1S/C14H26N3O.C7H8O3S/c1-13(17(2)8-10-18-11-9-17)15-12-16-14-6-4-3-5-7-14;1-6-2-4-7(5-3-6)11(8,9)10/h13-14H,3-11H2,1-2H3;2-5H,1H3,(H,8,9,10)/q+1;.